The highest BCUT2D eigenvalue weighted by atomic mass is 16.5. The summed E-state index contributed by atoms with van der Waals surface area (Å²) in [5.74, 6) is 2.02. The zero-order valence-electron chi connectivity index (χ0n) is 16.7. The summed E-state index contributed by atoms with van der Waals surface area (Å²) in [6.07, 6.45) is 0.784. The lowest BCUT2D eigenvalue weighted by atomic mass is 10.1. The minimum atomic E-state index is -0.151. The van der Waals surface area contributed by atoms with Gasteiger partial charge in [-0.15, -0.1) is 0 Å². The largest absolute Gasteiger partial charge is 0.497 e. The summed E-state index contributed by atoms with van der Waals surface area (Å²) in [5, 5.41) is 5.66. The second kappa shape index (κ2) is 9.10. The fourth-order valence-corrected chi connectivity index (χ4v) is 2.97. The molecular formula is C23H24N2O4. The number of carbonyl (C=O) groups is 2. The number of methoxy groups -OCH3 is 1. The first-order valence-corrected chi connectivity index (χ1v) is 9.36. The third-order valence-corrected chi connectivity index (χ3v) is 4.55. The highest BCUT2D eigenvalue weighted by Gasteiger charge is 2.11. The number of benzene rings is 2. The van der Waals surface area contributed by atoms with Crippen LogP contribution in [0.1, 0.15) is 24.7 Å². The first kappa shape index (κ1) is 20.2. The van der Waals surface area contributed by atoms with E-state index >= 15 is 0 Å². The molecule has 1 heterocycles. The Hall–Kier alpha value is -3.54. The van der Waals surface area contributed by atoms with Crippen molar-refractivity contribution in [3.8, 4) is 17.1 Å². The van der Waals surface area contributed by atoms with Gasteiger partial charge in [-0.25, -0.2) is 0 Å². The fourth-order valence-electron chi connectivity index (χ4n) is 2.97. The minimum Gasteiger partial charge on any atom is -0.497 e. The van der Waals surface area contributed by atoms with Crippen LogP contribution in [0.4, 0.5) is 11.4 Å². The van der Waals surface area contributed by atoms with Crippen molar-refractivity contribution in [1.29, 1.82) is 0 Å². The molecular weight excluding hydrogens is 368 g/mol. The summed E-state index contributed by atoms with van der Waals surface area (Å²) in [4.78, 5) is 23.6. The fraction of sp³-hybridized carbons (Fsp3) is 0.217. The molecule has 29 heavy (non-hydrogen) atoms. The summed E-state index contributed by atoms with van der Waals surface area (Å²) < 4.78 is 11.0. The molecule has 0 saturated carbocycles. The van der Waals surface area contributed by atoms with Gasteiger partial charge in [-0.2, -0.15) is 0 Å². The van der Waals surface area contributed by atoms with E-state index in [-0.39, 0.29) is 11.8 Å². The third-order valence-electron chi connectivity index (χ3n) is 4.55. The maximum atomic E-state index is 12.4. The van der Waals surface area contributed by atoms with Crippen molar-refractivity contribution in [2.45, 2.75) is 26.7 Å². The second-order valence-electron chi connectivity index (χ2n) is 6.70. The molecule has 0 bridgehead atoms. The van der Waals surface area contributed by atoms with Gasteiger partial charge in [0.15, 0.2) is 0 Å². The predicted molar refractivity (Wildman–Crippen MR) is 113 cm³/mol. The third kappa shape index (κ3) is 5.25. The number of hydrogen-bond donors (Lipinski definition) is 2. The van der Waals surface area contributed by atoms with Gasteiger partial charge in [-0.3, -0.25) is 9.59 Å². The second-order valence-corrected chi connectivity index (χ2v) is 6.70. The molecule has 0 radical (unpaired) electrons. The molecule has 6 heteroatoms. The van der Waals surface area contributed by atoms with E-state index in [0.717, 1.165) is 28.4 Å². The van der Waals surface area contributed by atoms with Gasteiger partial charge in [0.05, 0.1) is 7.11 Å². The van der Waals surface area contributed by atoms with E-state index < -0.39 is 0 Å². The molecule has 0 aliphatic heterocycles. The summed E-state index contributed by atoms with van der Waals surface area (Å²) >= 11 is 0. The molecule has 6 nitrogen and oxygen atoms in total. The number of nitrogens with one attached hydrogen (secondary N) is 2. The van der Waals surface area contributed by atoms with Crippen LogP contribution in [0.2, 0.25) is 0 Å². The van der Waals surface area contributed by atoms with Crippen molar-refractivity contribution in [1.82, 2.24) is 0 Å². The summed E-state index contributed by atoms with van der Waals surface area (Å²) in [7, 11) is 1.63. The molecule has 3 rings (SSSR count). The Morgan fingerprint density at radius 2 is 1.66 bits per heavy atom. The Bertz CT molecular complexity index is 1010. The van der Waals surface area contributed by atoms with Crippen molar-refractivity contribution in [2.75, 3.05) is 17.7 Å². The standard InChI is InChI=1S/C23H24N2O4/c1-15-20(24-16(2)26)5-4-6-21(15)25-23(27)14-12-19-11-13-22(29-19)17-7-9-18(28-3)10-8-17/h4-11,13H,12,14H2,1-3H3,(H,24,26)(H,25,27). The SMILES string of the molecule is COc1ccc(-c2ccc(CCC(=O)Nc3cccc(NC(C)=O)c3C)o2)cc1. The molecule has 0 spiro atoms. The molecule has 2 aromatic carbocycles. The molecule has 0 fully saturated rings. The number of ether oxygens (including phenoxy) is 1. The summed E-state index contributed by atoms with van der Waals surface area (Å²) in [6.45, 7) is 3.31. The molecule has 1 aromatic heterocycles. The van der Waals surface area contributed by atoms with Crippen molar-refractivity contribution < 1.29 is 18.7 Å². The van der Waals surface area contributed by atoms with Crippen molar-refractivity contribution in [3.63, 3.8) is 0 Å². The first-order valence-electron chi connectivity index (χ1n) is 9.36. The van der Waals surface area contributed by atoms with Crippen LogP contribution in [-0.2, 0) is 16.0 Å². The molecule has 3 aromatic rings. The molecule has 2 N–H and O–H groups in total. The van der Waals surface area contributed by atoms with Crippen LogP contribution in [0, 0.1) is 6.92 Å². The van der Waals surface area contributed by atoms with E-state index in [4.69, 9.17) is 9.15 Å². The van der Waals surface area contributed by atoms with Gasteiger partial charge >= 0.3 is 0 Å². The number of rotatable bonds is 7. The number of hydrogen-bond acceptors (Lipinski definition) is 4. The highest BCUT2D eigenvalue weighted by Crippen LogP contribution is 2.26. The molecule has 0 aliphatic carbocycles. The van der Waals surface area contributed by atoms with Crippen LogP contribution in [0.25, 0.3) is 11.3 Å². The maximum Gasteiger partial charge on any atom is 0.224 e. The van der Waals surface area contributed by atoms with Crippen LogP contribution >= 0.6 is 0 Å². The smallest absolute Gasteiger partial charge is 0.224 e. The van der Waals surface area contributed by atoms with Gasteiger partial charge in [0.25, 0.3) is 0 Å². The number of furan rings is 1. The van der Waals surface area contributed by atoms with Crippen LogP contribution in [-0.4, -0.2) is 18.9 Å². The van der Waals surface area contributed by atoms with Crippen LogP contribution < -0.4 is 15.4 Å². The van der Waals surface area contributed by atoms with E-state index in [1.54, 1.807) is 19.2 Å². The average molecular weight is 392 g/mol. The predicted octanol–water partition coefficient (Wildman–Crippen LogP) is 4.79. The van der Waals surface area contributed by atoms with E-state index in [1.165, 1.54) is 6.92 Å². The Balaban J connectivity index is 1.59. The van der Waals surface area contributed by atoms with Gasteiger partial charge < -0.3 is 19.8 Å². The van der Waals surface area contributed by atoms with Gasteiger partial charge in [0.2, 0.25) is 11.8 Å². The molecule has 0 atom stereocenters. The topological polar surface area (TPSA) is 80.6 Å². The lowest BCUT2D eigenvalue weighted by molar-refractivity contribution is -0.116. The Morgan fingerprint density at radius 1 is 0.966 bits per heavy atom. The highest BCUT2D eigenvalue weighted by molar-refractivity contribution is 5.95. The molecule has 0 unspecified atom stereocenters. The number of anilines is 2. The van der Waals surface area contributed by atoms with Gasteiger partial charge in [-0.1, -0.05) is 6.07 Å². The van der Waals surface area contributed by atoms with Crippen molar-refractivity contribution in [2.24, 2.45) is 0 Å². The first-order chi connectivity index (χ1) is 14.0. The van der Waals surface area contributed by atoms with Gasteiger partial charge in [0.1, 0.15) is 17.3 Å². The zero-order chi connectivity index (χ0) is 20.8. The number of carbonyl (C=O) groups excluding carboxylic acids is 2. The molecule has 2 amide bonds. The Morgan fingerprint density at radius 3 is 2.31 bits per heavy atom. The summed E-state index contributed by atoms with van der Waals surface area (Å²) in [6, 6.07) is 16.8. The summed E-state index contributed by atoms with van der Waals surface area (Å²) in [5.41, 5.74) is 3.13. The normalized spacial score (nSPS) is 10.4. The van der Waals surface area contributed by atoms with Crippen LogP contribution in [0.15, 0.2) is 59.0 Å². The average Bonchev–Trinajstić information content (AvgIpc) is 3.18. The minimum absolute atomic E-state index is 0.115. The van der Waals surface area contributed by atoms with Gasteiger partial charge in [-0.05, 0) is 61.0 Å². The molecule has 0 saturated heterocycles. The van der Waals surface area contributed by atoms with E-state index in [9.17, 15) is 9.59 Å². The maximum absolute atomic E-state index is 12.4. The monoisotopic (exact) mass is 392 g/mol. The van der Waals surface area contributed by atoms with Gasteiger partial charge in [0, 0.05) is 36.7 Å². The number of aryl methyl sites for hydroxylation is 1. The Labute approximate surface area is 169 Å². The molecule has 0 aliphatic rings. The lowest BCUT2D eigenvalue weighted by Crippen LogP contribution is -2.14. The van der Waals surface area contributed by atoms with E-state index in [0.29, 0.717) is 24.2 Å². The van der Waals surface area contributed by atoms with Crippen LogP contribution in [0.5, 0.6) is 5.75 Å². The van der Waals surface area contributed by atoms with Crippen LogP contribution in [0.3, 0.4) is 0 Å². The van der Waals surface area contributed by atoms with Crippen molar-refractivity contribution in [3.05, 3.63) is 65.9 Å². The molecule has 150 valence electrons. The van der Waals surface area contributed by atoms with E-state index in [1.807, 2.05) is 49.4 Å². The van der Waals surface area contributed by atoms with Crippen molar-refractivity contribution >= 4 is 23.2 Å². The number of amides is 2. The lowest BCUT2D eigenvalue weighted by Gasteiger charge is -2.12. The Kier molecular flexibility index (Phi) is 6.34. The van der Waals surface area contributed by atoms with E-state index in [2.05, 4.69) is 10.6 Å². The quantitative estimate of drug-likeness (QED) is 0.606. The zero-order valence-corrected chi connectivity index (χ0v) is 16.7.